The fourth-order valence-corrected chi connectivity index (χ4v) is 3.39. The van der Waals surface area contributed by atoms with Crippen LogP contribution in [-0.4, -0.2) is 35.4 Å². The summed E-state index contributed by atoms with van der Waals surface area (Å²) in [5.41, 5.74) is 3.67. The standard InChI is InChI=1S/C22H27N3O/c1-3-22(26)24-19(16-25(2)15-17-9-5-4-6-10-17)13-18-14-23-21-12-8-7-11-20(18)21/h4-12,14,19,23H,3,13,15-16H2,1-2H3,(H,24,26). The predicted molar refractivity (Wildman–Crippen MR) is 107 cm³/mol. The molecule has 2 aromatic carbocycles. The Morgan fingerprint density at radius 3 is 2.62 bits per heavy atom. The summed E-state index contributed by atoms with van der Waals surface area (Å²) < 4.78 is 0. The van der Waals surface area contributed by atoms with Gasteiger partial charge in [0.15, 0.2) is 0 Å². The van der Waals surface area contributed by atoms with Gasteiger partial charge in [-0.25, -0.2) is 0 Å². The molecule has 0 radical (unpaired) electrons. The van der Waals surface area contributed by atoms with Crippen molar-refractivity contribution < 1.29 is 4.79 Å². The fraction of sp³-hybridized carbons (Fsp3) is 0.318. The quantitative estimate of drug-likeness (QED) is 0.651. The van der Waals surface area contributed by atoms with Crippen LogP contribution in [0.3, 0.4) is 0 Å². The van der Waals surface area contributed by atoms with E-state index in [1.807, 2.05) is 19.1 Å². The number of aromatic amines is 1. The Morgan fingerprint density at radius 1 is 1.12 bits per heavy atom. The molecule has 0 spiro atoms. The minimum absolute atomic E-state index is 0.0790. The largest absolute Gasteiger partial charge is 0.361 e. The van der Waals surface area contributed by atoms with Crippen molar-refractivity contribution in [2.75, 3.05) is 13.6 Å². The zero-order valence-electron chi connectivity index (χ0n) is 15.5. The molecule has 0 saturated heterocycles. The minimum Gasteiger partial charge on any atom is -0.361 e. The second-order valence-corrected chi connectivity index (χ2v) is 6.86. The van der Waals surface area contributed by atoms with Crippen LogP contribution in [-0.2, 0) is 17.8 Å². The number of para-hydroxylation sites is 1. The van der Waals surface area contributed by atoms with Gasteiger partial charge in [-0.15, -0.1) is 0 Å². The number of benzene rings is 2. The molecule has 0 aliphatic heterocycles. The van der Waals surface area contributed by atoms with Crippen LogP contribution in [0.2, 0.25) is 0 Å². The van der Waals surface area contributed by atoms with Gasteiger partial charge in [0.2, 0.25) is 5.91 Å². The number of nitrogens with zero attached hydrogens (tertiary/aromatic N) is 1. The highest BCUT2D eigenvalue weighted by Crippen LogP contribution is 2.19. The Hall–Kier alpha value is -2.59. The third-order valence-corrected chi connectivity index (χ3v) is 4.65. The van der Waals surface area contributed by atoms with Crippen molar-refractivity contribution in [3.8, 4) is 0 Å². The Labute approximate surface area is 155 Å². The summed E-state index contributed by atoms with van der Waals surface area (Å²) in [5, 5.41) is 4.42. The molecule has 0 bridgehead atoms. The van der Waals surface area contributed by atoms with E-state index in [0.29, 0.717) is 6.42 Å². The molecule has 1 unspecified atom stereocenters. The molecule has 4 heteroatoms. The minimum atomic E-state index is 0.0790. The molecular formula is C22H27N3O. The average Bonchev–Trinajstić information content (AvgIpc) is 3.05. The van der Waals surface area contributed by atoms with Crippen LogP contribution in [0.5, 0.6) is 0 Å². The van der Waals surface area contributed by atoms with Crippen LogP contribution in [0.15, 0.2) is 60.8 Å². The van der Waals surface area contributed by atoms with E-state index in [0.717, 1.165) is 25.0 Å². The van der Waals surface area contributed by atoms with E-state index in [4.69, 9.17) is 0 Å². The SMILES string of the molecule is CCC(=O)NC(Cc1c[nH]c2ccccc12)CN(C)Cc1ccccc1. The van der Waals surface area contributed by atoms with Crippen molar-refractivity contribution in [3.05, 3.63) is 71.9 Å². The van der Waals surface area contributed by atoms with E-state index >= 15 is 0 Å². The summed E-state index contributed by atoms with van der Waals surface area (Å²) in [4.78, 5) is 17.6. The van der Waals surface area contributed by atoms with Crippen molar-refractivity contribution in [3.63, 3.8) is 0 Å². The smallest absolute Gasteiger partial charge is 0.219 e. The van der Waals surface area contributed by atoms with Crippen molar-refractivity contribution in [2.24, 2.45) is 0 Å². The molecule has 0 saturated carbocycles. The van der Waals surface area contributed by atoms with Crippen LogP contribution in [0.1, 0.15) is 24.5 Å². The van der Waals surface area contributed by atoms with Crippen LogP contribution in [0.4, 0.5) is 0 Å². The number of amides is 1. The normalized spacial score (nSPS) is 12.4. The van der Waals surface area contributed by atoms with E-state index in [9.17, 15) is 4.79 Å². The number of aromatic nitrogens is 1. The molecule has 0 fully saturated rings. The predicted octanol–water partition coefficient (Wildman–Crippen LogP) is 3.74. The van der Waals surface area contributed by atoms with Crippen molar-refractivity contribution in [1.29, 1.82) is 0 Å². The highest BCUT2D eigenvalue weighted by Gasteiger charge is 2.17. The van der Waals surface area contributed by atoms with Gasteiger partial charge in [0.05, 0.1) is 0 Å². The second kappa shape index (κ2) is 8.68. The van der Waals surface area contributed by atoms with Gasteiger partial charge in [-0.2, -0.15) is 0 Å². The third kappa shape index (κ3) is 4.73. The molecule has 3 rings (SSSR count). The molecule has 1 amide bonds. The fourth-order valence-electron chi connectivity index (χ4n) is 3.39. The summed E-state index contributed by atoms with van der Waals surface area (Å²) in [6.45, 7) is 3.57. The van der Waals surface area contributed by atoms with Gasteiger partial charge in [-0.05, 0) is 30.7 Å². The maximum atomic E-state index is 12.0. The van der Waals surface area contributed by atoms with Gasteiger partial charge < -0.3 is 15.2 Å². The second-order valence-electron chi connectivity index (χ2n) is 6.86. The summed E-state index contributed by atoms with van der Waals surface area (Å²) in [6.07, 6.45) is 3.38. The number of hydrogen-bond donors (Lipinski definition) is 2. The van der Waals surface area contributed by atoms with Crippen LogP contribution >= 0.6 is 0 Å². The number of H-pyrrole nitrogens is 1. The lowest BCUT2D eigenvalue weighted by Crippen LogP contribution is -2.43. The number of nitrogens with one attached hydrogen (secondary N) is 2. The first kappa shape index (κ1) is 18.2. The molecule has 2 N–H and O–H groups in total. The maximum Gasteiger partial charge on any atom is 0.219 e. The van der Waals surface area contributed by atoms with Gasteiger partial charge in [0.25, 0.3) is 0 Å². The lowest BCUT2D eigenvalue weighted by molar-refractivity contribution is -0.121. The van der Waals surface area contributed by atoms with Gasteiger partial charge in [0, 0.05) is 42.7 Å². The molecule has 26 heavy (non-hydrogen) atoms. The highest BCUT2D eigenvalue weighted by molar-refractivity contribution is 5.83. The zero-order chi connectivity index (χ0) is 18.4. The zero-order valence-corrected chi connectivity index (χ0v) is 15.5. The molecule has 1 atom stereocenters. The van der Waals surface area contributed by atoms with E-state index in [2.05, 4.69) is 70.9 Å². The number of carbonyl (C=O) groups is 1. The van der Waals surface area contributed by atoms with Gasteiger partial charge in [-0.1, -0.05) is 55.5 Å². The first-order chi connectivity index (χ1) is 12.7. The van der Waals surface area contributed by atoms with Gasteiger partial charge in [0.1, 0.15) is 0 Å². The Morgan fingerprint density at radius 2 is 1.85 bits per heavy atom. The van der Waals surface area contributed by atoms with Crippen molar-refractivity contribution in [1.82, 2.24) is 15.2 Å². The molecule has 136 valence electrons. The number of likely N-dealkylation sites (N-methyl/N-ethyl adjacent to an activating group) is 1. The molecular weight excluding hydrogens is 322 g/mol. The monoisotopic (exact) mass is 349 g/mol. The highest BCUT2D eigenvalue weighted by atomic mass is 16.1. The lowest BCUT2D eigenvalue weighted by atomic mass is 10.0. The van der Waals surface area contributed by atoms with Gasteiger partial charge in [-0.3, -0.25) is 4.79 Å². The van der Waals surface area contributed by atoms with E-state index < -0.39 is 0 Å². The number of carbonyl (C=O) groups excluding carboxylic acids is 1. The first-order valence-electron chi connectivity index (χ1n) is 9.22. The molecule has 0 aliphatic rings. The van der Waals surface area contributed by atoms with Crippen LogP contribution in [0, 0.1) is 0 Å². The summed E-state index contributed by atoms with van der Waals surface area (Å²) >= 11 is 0. The summed E-state index contributed by atoms with van der Waals surface area (Å²) in [5.74, 6) is 0.1000. The number of fused-ring (bicyclic) bond motifs is 1. The van der Waals surface area contributed by atoms with Crippen molar-refractivity contribution >= 4 is 16.8 Å². The van der Waals surface area contributed by atoms with Gasteiger partial charge >= 0.3 is 0 Å². The Balaban J connectivity index is 1.71. The molecule has 1 aromatic heterocycles. The maximum absolute atomic E-state index is 12.0. The number of rotatable bonds is 8. The van der Waals surface area contributed by atoms with Crippen LogP contribution in [0.25, 0.3) is 10.9 Å². The Kier molecular flexibility index (Phi) is 6.08. The summed E-state index contributed by atoms with van der Waals surface area (Å²) in [7, 11) is 2.10. The van der Waals surface area contributed by atoms with E-state index in [1.54, 1.807) is 0 Å². The molecule has 1 heterocycles. The third-order valence-electron chi connectivity index (χ3n) is 4.65. The van der Waals surface area contributed by atoms with Crippen molar-refractivity contribution in [2.45, 2.75) is 32.4 Å². The molecule has 0 aliphatic carbocycles. The van der Waals surface area contributed by atoms with Crippen LogP contribution < -0.4 is 5.32 Å². The molecule has 4 nitrogen and oxygen atoms in total. The lowest BCUT2D eigenvalue weighted by Gasteiger charge is -2.25. The first-order valence-corrected chi connectivity index (χ1v) is 9.22. The average molecular weight is 349 g/mol. The Bertz CT molecular complexity index is 841. The topological polar surface area (TPSA) is 48.1 Å². The van der Waals surface area contributed by atoms with E-state index in [-0.39, 0.29) is 11.9 Å². The number of hydrogen-bond acceptors (Lipinski definition) is 2. The molecule has 3 aromatic rings. The summed E-state index contributed by atoms with van der Waals surface area (Å²) in [6, 6.07) is 18.8. The van der Waals surface area contributed by atoms with E-state index in [1.165, 1.54) is 16.5 Å².